The minimum Gasteiger partial charge on any atom is -0.464 e. The van der Waals surface area contributed by atoms with Crippen molar-refractivity contribution in [2.45, 2.75) is 13.5 Å². The van der Waals surface area contributed by atoms with Crippen molar-refractivity contribution in [1.82, 2.24) is 9.88 Å². The van der Waals surface area contributed by atoms with Gasteiger partial charge in [-0.3, -0.25) is 9.78 Å². The number of carbonyl (C=O) groups excluding carboxylic acids is 1. The van der Waals surface area contributed by atoms with Crippen LogP contribution in [0.4, 0.5) is 5.69 Å². The van der Waals surface area contributed by atoms with Gasteiger partial charge in [-0.25, -0.2) is 0 Å². The Morgan fingerprint density at radius 3 is 2.90 bits per heavy atom. The number of aromatic nitrogens is 1. The summed E-state index contributed by atoms with van der Waals surface area (Å²) in [6.07, 6.45) is 3.40. The van der Waals surface area contributed by atoms with E-state index in [4.69, 9.17) is 10.2 Å². The van der Waals surface area contributed by atoms with Crippen molar-refractivity contribution in [1.29, 1.82) is 0 Å². The van der Waals surface area contributed by atoms with Crippen LogP contribution in [0.2, 0.25) is 0 Å². The quantitative estimate of drug-likeness (QED) is 0.807. The highest BCUT2D eigenvalue weighted by atomic mass is 32.1. The average Bonchev–Trinajstić information content (AvgIpc) is 3.03. The van der Waals surface area contributed by atoms with Crippen LogP contribution in [0.15, 0.2) is 35.0 Å². The number of hydrogen-bond acceptors (Lipinski definition) is 5. The van der Waals surface area contributed by atoms with E-state index in [9.17, 15) is 4.79 Å². The molecule has 3 aromatic heterocycles. The summed E-state index contributed by atoms with van der Waals surface area (Å²) in [4.78, 5) is 18.7. The van der Waals surface area contributed by atoms with Crippen LogP contribution in [0.3, 0.4) is 0 Å². The molecule has 0 saturated heterocycles. The number of fused-ring (bicyclic) bond motifs is 1. The fourth-order valence-electron chi connectivity index (χ4n) is 2.18. The maximum absolute atomic E-state index is 12.5. The first-order valence-electron chi connectivity index (χ1n) is 6.49. The lowest BCUT2D eigenvalue weighted by atomic mass is 10.2. The standard InChI is InChI=1S/C15H15N3O2S/c1-9-3-4-10(20-9)8-18(2)15(19)14-13(16)11-5-6-17-7-12(11)21-14/h3-7H,8,16H2,1-2H3. The number of carbonyl (C=O) groups is 1. The number of amides is 1. The molecule has 0 bridgehead atoms. The van der Waals surface area contributed by atoms with E-state index in [-0.39, 0.29) is 5.91 Å². The maximum atomic E-state index is 12.5. The Balaban J connectivity index is 1.87. The Labute approximate surface area is 126 Å². The van der Waals surface area contributed by atoms with E-state index in [1.165, 1.54) is 11.3 Å². The van der Waals surface area contributed by atoms with Crippen molar-refractivity contribution in [3.8, 4) is 0 Å². The molecule has 2 N–H and O–H groups in total. The number of hydrogen-bond donors (Lipinski definition) is 1. The van der Waals surface area contributed by atoms with Gasteiger partial charge >= 0.3 is 0 Å². The van der Waals surface area contributed by atoms with Crippen LogP contribution in [0.5, 0.6) is 0 Å². The molecule has 0 atom stereocenters. The minimum atomic E-state index is -0.109. The SMILES string of the molecule is Cc1ccc(CN(C)C(=O)c2sc3cnccc3c2N)o1. The number of aryl methyl sites for hydroxylation is 1. The molecule has 3 heterocycles. The van der Waals surface area contributed by atoms with E-state index in [1.807, 2.05) is 25.1 Å². The summed E-state index contributed by atoms with van der Waals surface area (Å²) in [6.45, 7) is 2.29. The Kier molecular flexibility index (Phi) is 3.39. The Bertz CT molecular complexity index is 806. The molecule has 108 valence electrons. The maximum Gasteiger partial charge on any atom is 0.266 e. The summed E-state index contributed by atoms with van der Waals surface area (Å²) >= 11 is 1.37. The van der Waals surface area contributed by atoms with Gasteiger partial charge in [0.05, 0.1) is 16.9 Å². The van der Waals surface area contributed by atoms with Gasteiger partial charge in [0.15, 0.2) is 0 Å². The zero-order chi connectivity index (χ0) is 15.0. The lowest BCUT2D eigenvalue weighted by Gasteiger charge is -2.15. The molecule has 0 aliphatic heterocycles. The third kappa shape index (κ3) is 2.50. The van der Waals surface area contributed by atoms with Gasteiger partial charge in [-0.1, -0.05) is 0 Å². The molecule has 0 aliphatic rings. The molecule has 3 rings (SSSR count). The van der Waals surface area contributed by atoms with Crippen LogP contribution >= 0.6 is 11.3 Å². The van der Waals surface area contributed by atoms with Crippen LogP contribution in [0.25, 0.3) is 10.1 Å². The van der Waals surface area contributed by atoms with Gasteiger partial charge in [0.1, 0.15) is 16.4 Å². The first-order valence-corrected chi connectivity index (χ1v) is 7.30. The predicted molar refractivity (Wildman–Crippen MR) is 83.3 cm³/mol. The van der Waals surface area contributed by atoms with E-state index in [2.05, 4.69) is 4.98 Å². The summed E-state index contributed by atoms with van der Waals surface area (Å²) < 4.78 is 6.41. The number of nitrogens with zero attached hydrogens (tertiary/aromatic N) is 2. The van der Waals surface area contributed by atoms with Crippen LogP contribution in [-0.2, 0) is 6.54 Å². The minimum absolute atomic E-state index is 0.109. The number of thiophene rings is 1. The second kappa shape index (κ2) is 5.21. The Morgan fingerprint density at radius 2 is 2.24 bits per heavy atom. The summed E-state index contributed by atoms with van der Waals surface area (Å²) in [7, 11) is 1.74. The summed E-state index contributed by atoms with van der Waals surface area (Å²) in [5.74, 6) is 1.48. The zero-order valence-electron chi connectivity index (χ0n) is 11.8. The molecule has 3 aromatic rings. The largest absolute Gasteiger partial charge is 0.464 e. The molecule has 0 unspecified atom stereocenters. The first-order chi connectivity index (χ1) is 10.1. The van der Waals surface area contributed by atoms with E-state index in [0.29, 0.717) is 17.1 Å². The fourth-order valence-corrected chi connectivity index (χ4v) is 3.26. The summed E-state index contributed by atoms with van der Waals surface area (Å²) in [5, 5.41) is 0.876. The molecule has 0 spiro atoms. The van der Waals surface area contributed by atoms with Crippen LogP contribution in [-0.4, -0.2) is 22.8 Å². The van der Waals surface area contributed by atoms with E-state index < -0.39 is 0 Å². The molecule has 0 saturated carbocycles. The molecule has 5 nitrogen and oxygen atoms in total. The highest BCUT2D eigenvalue weighted by Gasteiger charge is 2.20. The van der Waals surface area contributed by atoms with Crippen molar-refractivity contribution in [3.05, 3.63) is 47.0 Å². The third-order valence-corrected chi connectivity index (χ3v) is 4.41. The van der Waals surface area contributed by atoms with Gasteiger partial charge in [0.25, 0.3) is 5.91 Å². The second-order valence-corrected chi connectivity index (χ2v) is 5.94. The monoisotopic (exact) mass is 301 g/mol. The fraction of sp³-hybridized carbons (Fsp3) is 0.200. The van der Waals surface area contributed by atoms with Crippen LogP contribution in [0, 0.1) is 6.92 Å². The zero-order valence-corrected chi connectivity index (χ0v) is 12.6. The van der Waals surface area contributed by atoms with Gasteiger partial charge < -0.3 is 15.1 Å². The van der Waals surface area contributed by atoms with Gasteiger partial charge in [-0.15, -0.1) is 11.3 Å². The number of rotatable bonds is 3. The van der Waals surface area contributed by atoms with Crippen LogP contribution < -0.4 is 5.73 Å². The smallest absolute Gasteiger partial charge is 0.266 e. The highest BCUT2D eigenvalue weighted by molar-refractivity contribution is 7.21. The van der Waals surface area contributed by atoms with Crippen molar-refractivity contribution in [3.63, 3.8) is 0 Å². The lowest BCUT2D eigenvalue weighted by Crippen LogP contribution is -2.25. The molecular formula is C15H15N3O2S. The molecular weight excluding hydrogens is 286 g/mol. The van der Waals surface area contributed by atoms with Gasteiger partial charge in [0, 0.05) is 24.8 Å². The first kappa shape index (κ1) is 13.6. The predicted octanol–water partition coefficient (Wildman–Crippen LogP) is 3.05. The van der Waals surface area contributed by atoms with E-state index in [0.717, 1.165) is 21.6 Å². The molecule has 0 fully saturated rings. The summed E-state index contributed by atoms with van der Waals surface area (Å²) in [5.41, 5.74) is 6.61. The van der Waals surface area contributed by atoms with Gasteiger partial charge in [-0.05, 0) is 25.1 Å². The molecule has 1 amide bonds. The number of nitrogen functional groups attached to an aromatic ring is 1. The molecule has 21 heavy (non-hydrogen) atoms. The number of anilines is 1. The van der Waals surface area contributed by atoms with Gasteiger partial charge in [-0.2, -0.15) is 0 Å². The molecule has 6 heteroatoms. The second-order valence-electron chi connectivity index (χ2n) is 4.89. The molecule has 0 aliphatic carbocycles. The topological polar surface area (TPSA) is 72.4 Å². The molecule has 0 aromatic carbocycles. The van der Waals surface area contributed by atoms with Crippen molar-refractivity contribution in [2.24, 2.45) is 0 Å². The van der Waals surface area contributed by atoms with Crippen molar-refractivity contribution >= 4 is 33.0 Å². The molecule has 0 radical (unpaired) electrons. The highest BCUT2D eigenvalue weighted by Crippen LogP contribution is 2.33. The van der Waals surface area contributed by atoms with Gasteiger partial charge in [0.2, 0.25) is 0 Å². The number of nitrogens with two attached hydrogens (primary N) is 1. The average molecular weight is 301 g/mol. The normalized spacial score (nSPS) is 11.0. The number of furan rings is 1. The summed E-state index contributed by atoms with van der Waals surface area (Å²) in [6, 6.07) is 5.58. The number of pyridine rings is 1. The van der Waals surface area contributed by atoms with Crippen LogP contribution in [0.1, 0.15) is 21.2 Å². The third-order valence-electron chi connectivity index (χ3n) is 3.26. The van der Waals surface area contributed by atoms with E-state index >= 15 is 0 Å². The lowest BCUT2D eigenvalue weighted by molar-refractivity contribution is 0.0781. The Morgan fingerprint density at radius 1 is 1.43 bits per heavy atom. The van der Waals surface area contributed by atoms with Crippen molar-refractivity contribution in [2.75, 3.05) is 12.8 Å². The van der Waals surface area contributed by atoms with E-state index in [1.54, 1.807) is 24.3 Å². The van der Waals surface area contributed by atoms with Crippen molar-refractivity contribution < 1.29 is 9.21 Å². The Hall–Kier alpha value is -2.34.